The van der Waals surface area contributed by atoms with Gasteiger partial charge in [-0.25, -0.2) is 0 Å². The number of hydrogen-bond acceptors (Lipinski definition) is 4. The zero-order chi connectivity index (χ0) is 17.1. The van der Waals surface area contributed by atoms with Crippen LogP contribution in [-0.2, 0) is 4.79 Å². The quantitative estimate of drug-likeness (QED) is 0.626. The Labute approximate surface area is 139 Å². The summed E-state index contributed by atoms with van der Waals surface area (Å²) in [4.78, 5) is 36.9. The second-order valence-corrected chi connectivity index (χ2v) is 5.44. The minimum atomic E-state index is -1.25. The van der Waals surface area contributed by atoms with Crippen molar-refractivity contribution < 1.29 is 19.1 Å². The van der Waals surface area contributed by atoms with Gasteiger partial charge in [0.15, 0.2) is 17.3 Å². The molecule has 0 aromatic heterocycles. The first-order valence-corrected chi connectivity index (χ1v) is 7.74. The molecule has 120 valence electrons. The molecule has 4 nitrogen and oxygen atoms in total. The largest absolute Gasteiger partial charge is 0.494 e. The van der Waals surface area contributed by atoms with E-state index in [4.69, 9.17) is 4.74 Å². The monoisotopic (exact) mass is 320 g/mol. The van der Waals surface area contributed by atoms with Crippen LogP contribution in [0.1, 0.15) is 33.2 Å². The van der Waals surface area contributed by atoms with E-state index >= 15 is 0 Å². The number of Topliss-reactive ketones (excluding diaryl/α,β-unsaturated/α-hetero) is 2. The predicted octanol–water partition coefficient (Wildman–Crippen LogP) is 3.36. The van der Waals surface area contributed by atoms with Gasteiger partial charge in [0.25, 0.3) is 0 Å². The second kappa shape index (κ2) is 6.62. The summed E-state index contributed by atoms with van der Waals surface area (Å²) in [5, 5.41) is 0. The van der Waals surface area contributed by atoms with E-state index in [9.17, 15) is 14.4 Å². The summed E-state index contributed by atoms with van der Waals surface area (Å²) in [7, 11) is 0. The molecule has 0 saturated heterocycles. The Morgan fingerprint density at radius 2 is 1.58 bits per heavy atom. The molecule has 3 rings (SSSR count). The van der Waals surface area contributed by atoms with Gasteiger partial charge in [0.05, 0.1) is 6.61 Å². The third-order valence-corrected chi connectivity index (χ3v) is 3.90. The van der Waals surface area contributed by atoms with Crippen LogP contribution in [-0.4, -0.2) is 24.0 Å². The van der Waals surface area contributed by atoms with Crippen molar-refractivity contribution in [2.24, 2.45) is 5.92 Å². The minimum absolute atomic E-state index is 0.329. The van der Waals surface area contributed by atoms with Gasteiger partial charge < -0.3 is 4.74 Å². The Morgan fingerprint density at radius 3 is 2.12 bits per heavy atom. The van der Waals surface area contributed by atoms with E-state index in [1.807, 2.05) is 19.1 Å². The zero-order valence-electron chi connectivity index (χ0n) is 13.2. The Morgan fingerprint density at radius 1 is 1.00 bits per heavy atom. The number of fused-ring (bicyclic) bond motifs is 1. The van der Waals surface area contributed by atoms with Crippen LogP contribution in [0.4, 0.5) is 0 Å². The highest BCUT2D eigenvalue weighted by Gasteiger charge is 2.41. The summed E-state index contributed by atoms with van der Waals surface area (Å²) in [6.45, 7) is 2.49. The van der Waals surface area contributed by atoms with Gasteiger partial charge in [0, 0.05) is 11.1 Å². The molecule has 1 aliphatic rings. The lowest BCUT2D eigenvalue weighted by Gasteiger charge is -2.03. The molecule has 0 bridgehead atoms. The third-order valence-electron chi connectivity index (χ3n) is 3.90. The van der Waals surface area contributed by atoms with Gasteiger partial charge in [-0.2, -0.15) is 0 Å². The maximum atomic E-state index is 12.3. The third kappa shape index (κ3) is 2.91. The van der Waals surface area contributed by atoms with E-state index in [2.05, 4.69) is 0 Å². The van der Waals surface area contributed by atoms with Gasteiger partial charge in [0.1, 0.15) is 11.7 Å². The van der Waals surface area contributed by atoms with E-state index in [1.54, 1.807) is 42.5 Å². The molecule has 0 heterocycles. The Hall–Kier alpha value is -3.01. The molecule has 2 aromatic rings. The number of ether oxygens (including phenoxy) is 1. The molecule has 0 unspecified atom stereocenters. The fourth-order valence-corrected chi connectivity index (χ4v) is 2.72. The maximum absolute atomic E-state index is 12.3. The molecule has 4 heteroatoms. The highest BCUT2D eigenvalue weighted by Crippen LogP contribution is 2.27. The van der Waals surface area contributed by atoms with Crippen molar-refractivity contribution in [3.05, 3.63) is 71.3 Å². The van der Waals surface area contributed by atoms with Crippen LogP contribution in [0.3, 0.4) is 0 Å². The lowest BCUT2D eigenvalue weighted by Crippen LogP contribution is -2.23. The molecule has 24 heavy (non-hydrogen) atoms. The van der Waals surface area contributed by atoms with Gasteiger partial charge in [-0.05, 0) is 30.7 Å². The first-order chi connectivity index (χ1) is 11.6. The SMILES string of the molecule is CCOc1ccc(C=CC(=O)C2C(=O)c3ccccc3C2=O)cc1. The molecule has 0 aliphatic heterocycles. The van der Waals surface area contributed by atoms with Crippen LogP contribution >= 0.6 is 0 Å². The molecule has 2 aromatic carbocycles. The molecule has 0 saturated carbocycles. The lowest BCUT2D eigenvalue weighted by atomic mass is 9.97. The molecule has 0 fully saturated rings. The fourth-order valence-electron chi connectivity index (χ4n) is 2.72. The molecule has 0 spiro atoms. The lowest BCUT2D eigenvalue weighted by molar-refractivity contribution is -0.115. The van der Waals surface area contributed by atoms with Crippen LogP contribution < -0.4 is 4.74 Å². The number of carbonyl (C=O) groups is 3. The van der Waals surface area contributed by atoms with Crippen LogP contribution in [0, 0.1) is 5.92 Å². The number of rotatable bonds is 5. The van der Waals surface area contributed by atoms with E-state index in [0.717, 1.165) is 11.3 Å². The van der Waals surface area contributed by atoms with Crippen molar-refractivity contribution in [3.63, 3.8) is 0 Å². The smallest absolute Gasteiger partial charge is 0.182 e. The van der Waals surface area contributed by atoms with Crippen molar-refractivity contribution in [2.75, 3.05) is 6.61 Å². The summed E-state index contributed by atoms with van der Waals surface area (Å²) in [6, 6.07) is 13.8. The normalized spacial score (nSPS) is 14.2. The molecule has 0 N–H and O–H groups in total. The summed E-state index contributed by atoms with van der Waals surface area (Å²) in [5.41, 5.74) is 1.45. The Kier molecular flexibility index (Phi) is 4.38. The molecule has 0 atom stereocenters. The first-order valence-electron chi connectivity index (χ1n) is 7.74. The van der Waals surface area contributed by atoms with Gasteiger partial charge in [0.2, 0.25) is 0 Å². The van der Waals surface area contributed by atoms with E-state index in [1.165, 1.54) is 6.08 Å². The molecule has 0 amide bonds. The van der Waals surface area contributed by atoms with Crippen molar-refractivity contribution in [1.82, 2.24) is 0 Å². The number of carbonyl (C=O) groups excluding carboxylic acids is 3. The van der Waals surface area contributed by atoms with Crippen LogP contribution in [0.25, 0.3) is 6.08 Å². The maximum Gasteiger partial charge on any atom is 0.182 e. The highest BCUT2D eigenvalue weighted by molar-refractivity contribution is 6.37. The summed E-state index contributed by atoms with van der Waals surface area (Å²) in [6.07, 6.45) is 2.89. The summed E-state index contributed by atoms with van der Waals surface area (Å²) < 4.78 is 5.35. The van der Waals surface area contributed by atoms with Gasteiger partial charge >= 0.3 is 0 Å². The number of hydrogen-bond donors (Lipinski definition) is 0. The molecule has 0 radical (unpaired) electrons. The van der Waals surface area contributed by atoms with E-state index < -0.39 is 23.3 Å². The van der Waals surface area contributed by atoms with Crippen molar-refractivity contribution in [1.29, 1.82) is 0 Å². The van der Waals surface area contributed by atoms with Gasteiger partial charge in [-0.15, -0.1) is 0 Å². The minimum Gasteiger partial charge on any atom is -0.494 e. The van der Waals surface area contributed by atoms with E-state index in [0.29, 0.717) is 17.7 Å². The molecular weight excluding hydrogens is 304 g/mol. The number of benzene rings is 2. The average molecular weight is 320 g/mol. The standard InChI is InChI=1S/C20H16O4/c1-2-24-14-10-7-13(8-11-14)9-12-17(21)18-19(22)15-5-3-4-6-16(15)20(18)23/h3-12,18H,2H2,1H3. The summed E-state index contributed by atoms with van der Waals surface area (Å²) >= 11 is 0. The fraction of sp³-hybridized carbons (Fsp3) is 0.150. The van der Waals surface area contributed by atoms with Crippen molar-refractivity contribution in [2.45, 2.75) is 6.92 Å². The topological polar surface area (TPSA) is 60.4 Å². The molecular formula is C20H16O4. The van der Waals surface area contributed by atoms with E-state index in [-0.39, 0.29) is 0 Å². The zero-order valence-corrected chi connectivity index (χ0v) is 13.2. The van der Waals surface area contributed by atoms with Crippen LogP contribution in [0.15, 0.2) is 54.6 Å². The first kappa shape index (κ1) is 15.9. The van der Waals surface area contributed by atoms with Crippen molar-refractivity contribution >= 4 is 23.4 Å². The van der Waals surface area contributed by atoms with Crippen molar-refractivity contribution in [3.8, 4) is 5.75 Å². The van der Waals surface area contributed by atoms with Crippen LogP contribution in [0.5, 0.6) is 5.75 Å². The highest BCUT2D eigenvalue weighted by atomic mass is 16.5. The second-order valence-electron chi connectivity index (χ2n) is 5.44. The Balaban J connectivity index is 1.76. The van der Waals surface area contributed by atoms with Crippen LogP contribution in [0.2, 0.25) is 0 Å². The molecule has 1 aliphatic carbocycles. The Bertz CT molecular complexity index is 796. The average Bonchev–Trinajstić information content (AvgIpc) is 2.86. The van der Waals surface area contributed by atoms with Gasteiger partial charge in [-0.3, -0.25) is 14.4 Å². The summed E-state index contributed by atoms with van der Waals surface area (Å²) in [5.74, 6) is -1.83. The predicted molar refractivity (Wildman–Crippen MR) is 90.2 cm³/mol. The number of ketones is 3. The number of allylic oxidation sites excluding steroid dienone is 1. The van der Waals surface area contributed by atoms with Gasteiger partial charge in [-0.1, -0.05) is 42.5 Å².